The van der Waals surface area contributed by atoms with Gasteiger partial charge in [-0.05, 0) is 43.5 Å². The molecule has 1 saturated carbocycles. The Morgan fingerprint density at radius 2 is 2.24 bits per heavy atom. The zero-order chi connectivity index (χ0) is 12.4. The Labute approximate surface area is 110 Å². The average Bonchev–Trinajstić information content (AvgIpc) is 3.09. The molecule has 1 aliphatic carbocycles. The Balaban J connectivity index is 2.22. The van der Waals surface area contributed by atoms with E-state index in [1.165, 1.54) is 0 Å². The second kappa shape index (κ2) is 5.08. The van der Waals surface area contributed by atoms with Crippen LogP contribution in [0.15, 0.2) is 18.2 Å². The fraction of sp³-hybridized carbons (Fsp3) is 0.462. The predicted molar refractivity (Wildman–Crippen MR) is 70.7 cm³/mol. The average molecular weight is 298 g/mol. The number of halogens is 1. The van der Waals surface area contributed by atoms with Crippen LogP contribution in [0.1, 0.15) is 28.8 Å². The lowest BCUT2D eigenvalue weighted by Gasteiger charge is -2.22. The summed E-state index contributed by atoms with van der Waals surface area (Å²) in [6, 6.07) is 5.32. The molecule has 1 N–H and O–H groups in total. The molecule has 92 valence electrons. The number of hydrogen-bond acceptors (Lipinski definition) is 2. The van der Waals surface area contributed by atoms with Crippen LogP contribution in [-0.4, -0.2) is 33.8 Å². The molecule has 1 fully saturated rings. The summed E-state index contributed by atoms with van der Waals surface area (Å²) in [4.78, 5) is 14.3. The SMILES string of the molecule is Cc1cc(O)ccc1C(=O)N(CCBr)C1CC1. The van der Waals surface area contributed by atoms with Crippen molar-refractivity contribution in [3.63, 3.8) is 0 Å². The number of alkyl halides is 1. The first-order chi connectivity index (χ1) is 8.13. The van der Waals surface area contributed by atoms with Gasteiger partial charge >= 0.3 is 0 Å². The Morgan fingerprint density at radius 3 is 2.76 bits per heavy atom. The van der Waals surface area contributed by atoms with E-state index in [0.29, 0.717) is 11.6 Å². The molecule has 0 unspecified atom stereocenters. The van der Waals surface area contributed by atoms with Crippen molar-refractivity contribution in [2.45, 2.75) is 25.8 Å². The zero-order valence-corrected chi connectivity index (χ0v) is 11.4. The van der Waals surface area contributed by atoms with E-state index in [2.05, 4.69) is 15.9 Å². The highest BCUT2D eigenvalue weighted by molar-refractivity contribution is 9.09. The topological polar surface area (TPSA) is 40.5 Å². The van der Waals surface area contributed by atoms with E-state index >= 15 is 0 Å². The summed E-state index contributed by atoms with van der Waals surface area (Å²) in [7, 11) is 0. The van der Waals surface area contributed by atoms with Crippen LogP contribution >= 0.6 is 15.9 Å². The third-order valence-corrected chi connectivity index (χ3v) is 3.37. The normalized spacial score (nSPS) is 14.7. The first kappa shape index (κ1) is 12.4. The molecule has 1 aromatic rings. The molecule has 2 rings (SSSR count). The molecule has 0 bridgehead atoms. The maximum Gasteiger partial charge on any atom is 0.254 e. The van der Waals surface area contributed by atoms with E-state index in [0.717, 1.165) is 30.3 Å². The first-order valence-electron chi connectivity index (χ1n) is 5.80. The smallest absolute Gasteiger partial charge is 0.254 e. The fourth-order valence-corrected chi connectivity index (χ4v) is 2.35. The highest BCUT2D eigenvalue weighted by atomic mass is 79.9. The maximum absolute atomic E-state index is 12.4. The summed E-state index contributed by atoms with van der Waals surface area (Å²) in [5, 5.41) is 10.1. The van der Waals surface area contributed by atoms with Gasteiger partial charge in [0.1, 0.15) is 5.75 Å². The van der Waals surface area contributed by atoms with Crippen LogP contribution in [0.3, 0.4) is 0 Å². The van der Waals surface area contributed by atoms with Crippen LogP contribution in [0.5, 0.6) is 5.75 Å². The van der Waals surface area contributed by atoms with Gasteiger partial charge in [0.2, 0.25) is 0 Å². The molecule has 1 amide bonds. The van der Waals surface area contributed by atoms with E-state index in [1.54, 1.807) is 18.2 Å². The molecule has 0 heterocycles. The van der Waals surface area contributed by atoms with E-state index in [9.17, 15) is 9.90 Å². The third kappa shape index (κ3) is 2.80. The fourth-order valence-electron chi connectivity index (χ4n) is 1.97. The van der Waals surface area contributed by atoms with Crippen LogP contribution in [0.2, 0.25) is 0 Å². The number of carbonyl (C=O) groups is 1. The Hall–Kier alpha value is -1.03. The van der Waals surface area contributed by atoms with Gasteiger partial charge in [0.05, 0.1) is 0 Å². The van der Waals surface area contributed by atoms with Gasteiger partial charge < -0.3 is 10.0 Å². The van der Waals surface area contributed by atoms with Crippen molar-refractivity contribution in [2.24, 2.45) is 0 Å². The van der Waals surface area contributed by atoms with Gasteiger partial charge in [-0.15, -0.1) is 0 Å². The Kier molecular flexibility index (Phi) is 3.72. The lowest BCUT2D eigenvalue weighted by Crippen LogP contribution is -2.35. The van der Waals surface area contributed by atoms with E-state index < -0.39 is 0 Å². The number of hydrogen-bond donors (Lipinski definition) is 1. The van der Waals surface area contributed by atoms with Crippen LogP contribution in [0, 0.1) is 6.92 Å². The van der Waals surface area contributed by atoms with Crippen molar-refractivity contribution in [1.29, 1.82) is 0 Å². The third-order valence-electron chi connectivity index (χ3n) is 3.01. The standard InChI is InChI=1S/C13H16BrNO2/c1-9-8-11(16)4-5-12(9)13(17)15(7-6-14)10-2-3-10/h4-5,8,10,16H,2-3,6-7H2,1H3. The lowest BCUT2D eigenvalue weighted by molar-refractivity contribution is 0.0754. The second-order valence-electron chi connectivity index (χ2n) is 4.42. The largest absolute Gasteiger partial charge is 0.508 e. The van der Waals surface area contributed by atoms with Crippen LogP contribution in [0.25, 0.3) is 0 Å². The summed E-state index contributed by atoms with van der Waals surface area (Å²) in [5.74, 6) is 0.280. The molecule has 0 spiro atoms. The van der Waals surface area contributed by atoms with Gasteiger partial charge in [-0.1, -0.05) is 15.9 Å². The number of benzene rings is 1. The molecule has 0 atom stereocenters. The quantitative estimate of drug-likeness (QED) is 0.868. The monoisotopic (exact) mass is 297 g/mol. The number of rotatable bonds is 4. The Morgan fingerprint density at radius 1 is 1.53 bits per heavy atom. The van der Waals surface area contributed by atoms with Gasteiger partial charge in [-0.3, -0.25) is 4.79 Å². The molecule has 0 saturated heterocycles. The summed E-state index contributed by atoms with van der Waals surface area (Å²) in [5.41, 5.74) is 1.52. The summed E-state index contributed by atoms with van der Waals surface area (Å²) in [6.45, 7) is 2.59. The van der Waals surface area contributed by atoms with Gasteiger partial charge in [-0.2, -0.15) is 0 Å². The highest BCUT2D eigenvalue weighted by Crippen LogP contribution is 2.29. The van der Waals surface area contributed by atoms with Crippen LogP contribution in [0.4, 0.5) is 0 Å². The molecule has 17 heavy (non-hydrogen) atoms. The summed E-state index contributed by atoms with van der Waals surface area (Å²) in [6.07, 6.45) is 2.21. The molecule has 1 aliphatic rings. The van der Waals surface area contributed by atoms with Crippen molar-refractivity contribution >= 4 is 21.8 Å². The van der Waals surface area contributed by atoms with Crippen LogP contribution in [-0.2, 0) is 0 Å². The summed E-state index contributed by atoms with van der Waals surface area (Å²) < 4.78 is 0. The molecule has 0 aliphatic heterocycles. The maximum atomic E-state index is 12.4. The number of amides is 1. The van der Waals surface area contributed by atoms with E-state index in [1.807, 2.05) is 11.8 Å². The molecule has 3 nitrogen and oxygen atoms in total. The minimum Gasteiger partial charge on any atom is -0.508 e. The minimum atomic E-state index is 0.0736. The van der Waals surface area contributed by atoms with Crippen molar-refractivity contribution in [2.75, 3.05) is 11.9 Å². The minimum absolute atomic E-state index is 0.0736. The van der Waals surface area contributed by atoms with Crippen molar-refractivity contribution in [3.05, 3.63) is 29.3 Å². The van der Waals surface area contributed by atoms with Gasteiger partial charge in [0, 0.05) is 23.5 Å². The molecular formula is C13H16BrNO2. The van der Waals surface area contributed by atoms with Gasteiger partial charge in [-0.25, -0.2) is 0 Å². The van der Waals surface area contributed by atoms with Crippen molar-refractivity contribution in [1.82, 2.24) is 4.90 Å². The molecule has 0 radical (unpaired) electrons. The van der Waals surface area contributed by atoms with E-state index in [4.69, 9.17) is 0 Å². The number of carbonyl (C=O) groups excluding carboxylic acids is 1. The summed E-state index contributed by atoms with van der Waals surface area (Å²) >= 11 is 3.38. The molecular weight excluding hydrogens is 282 g/mol. The second-order valence-corrected chi connectivity index (χ2v) is 5.21. The highest BCUT2D eigenvalue weighted by Gasteiger charge is 2.32. The zero-order valence-electron chi connectivity index (χ0n) is 9.82. The number of phenols is 1. The number of nitrogens with zero attached hydrogens (tertiary/aromatic N) is 1. The van der Waals surface area contributed by atoms with Gasteiger partial charge in [0.25, 0.3) is 5.91 Å². The predicted octanol–water partition coefficient (Wildman–Crippen LogP) is 2.70. The Bertz CT molecular complexity index is 429. The van der Waals surface area contributed by atoms with Crippen molar-refractivity contribution in [3.8, 4) is 5.75 Å². The lowest BCUT2D eigenvalue weighted by atomic mass is 10.1. The first-order valence-corrected chi connectivity index (χ1v) is 6.92. The molecule has 1 aromatic carbocycles. The molecule has 0 aromatic heterocycles. The number of aryl methyl sites for hydroxylation is 1. The molecule has 4 heteroatoms. The van der Waals surface area contributed by atoms with Crippen molar-refractivity contribution < 1.29 is 9.90 Å². The van der Waals surface area contributed by atoms with Gasteiger partial charge in [0.15, 0.2) is 0 Å². The number of phenolic OH excluding ortho intramolecular Hbond substituents is 1. The van der Waals surface area contributed by atoms with E-state index in [-0.39, 0.29) is 11.7 Å². The number of aromatic hydroxyl groups is 1. The van der Waals surface area contributed by atoms with Crippen LogP contribution < -0.4 is 0 Å².